The van der Waals surface area contributed by atoms with Gasteiger partial charge in [-0.3, -0.25) is 4.90 Å². The first kappa shape index (κ1) is 14.9. The van der Waals surface area contributed by atoms with E-state index in [4.69, 9.17) is 4.42 Å². The third-order valence-electron chi connectivity index (χ3n) is 3.68. The number of hydrogen-bond donors (Lipinski definition) is 1. The first-order chi connectivity index (χ1) is 9.20. The number of furan rings is 1. The highest BCUT2D eigenvalue weighted by molar-refractivity contribution is 7.99. The van der Waals surface area contributed by atoms with Crippen LogP contribution in [0.1, 0.15) is 37.4 Å². The molecule has 0 amide bonds. The molecule has 1 aromatic rings. The van der Waals surface area contributed by atoms with Crippen molar-refractivity contribution in [1.82, 2.24) is 10.2 Å². The Balaban J connectivity index is 1.91. The van der Waals surface area contributed by atoms with Gasteiger partial charge < -0.3 is 9.73 Å². The van der Waals surface area contributed by atoms with Crippen molar-refractivity contribution in [1.29, 1.82) is 0 Å². The van der Waals surface area contributed by atoms with Gasteiger partial charge in [-0.1, -0.05) is 6.92 Å². The van der Waals surface area contributed by atoms with Gasteiger partial charge in [0.05, 0.1) is 6.54 Å². The largest absolute Gasteiger partial charge is 0.465 e. The van der Waals surface area contributed by atoms with E-state index in [2.05, 4.69) is 48.8 Å². The summed E-state index contributed by atoms with van der Waals surface area (Å²) >= 11 is 2.06. The van der Waals surface area contributed by atoms with Gasteiger partial charge in [0.25, 0.3) is 0 Å². The normalized spacial score (nSPS) is 20.9. The lowest BCUT2D eigenvalue weighted by atomic mass is 10.2. The molecule has 0 saturated carbocycles. The highest BCUT2D eigenvalue weighted by Crippen LogP contribution is 2.21. The summed E-state index contributed by atoms with van der Waals surface area (Å²) in [4.78, 5) is 2.53. The lowest BCUT2D eigenvalue weighted by Crippen LogP contribution is -2.39. The summed E-state index contributed by atoms with van der Waals surface area (Å²) in [6, 6.07) is 2.89. The monoisotopic (exact) mass is 282 g/mol. The van der Waals surface area contributed by atoms with Crippen molar-refractivity contribution < 1.29 is 4.42 Å². The van der Waals surface area contributed by atoms with Gasteiger partial charge >= 0.3 is 0 Å². The minimum atomic E-state index is 0.658. The predicted molar refractivity (Wildman–Crippen MR) is 82.6 cm³/mol. The van der Waals surface area contributed by atoms with Crippen LogP contribution in [0.25, 0.3) is 0 Å². The molecule has 2 rings (SSSR count). The maximum Gasteiger partial charge on any atom is 0.118 e. The van der Waals surface area contributed by atoms with Gasteiger partial charge in [0, 0.05) is 36.2 Å². The summed E-state index contributed by atoms with van der Waals surface area (Å²) in [5.41, 5.74) is 1.31. The quantitative estimate of drug-likeness (QED) is 0.812. The van der Waals surface area contributed by atoms with Gasteiger partial charge in [0.1, 0.15) is 11.5 Å². The summed E-state index contributed by atoms with van der Waals surface area (Å²) < 4.78 is 5.91. The van der Waals surface area contributed by atoms with Crippen molar-refractivity contribution >= 4 is 11.8 Å². The van der Waals surface area contributed by atoms with Crippen molar-refractivity contribution in [3.63, 3.8) is 0 Å². The van der Waals surface area contributed by atoms with Crippen LogP contribution in [0.5, 0.6) is 0 Å². The Hall–Kier alpha value is -0.450. The highest BCUT2D eigenvalue weighted by Gasteiger charge is 2.20. The molecule has 1 aliphatic heterocycles. The van der Waals surface area contributed by atoms with E-state index in [0.29, 0.717) is 6.04 Å². The molecule has 1 unspecified atom stereocenters. The molecule has 1 fully saturated rings. The molecule has 0 aromatic carbocycles. The number of nitrogens with one attached hydrogen (secondary N) is 1. The predicted octanol–water partition coefficient (Wildman–Crippen LogP) is 3.02. The second kappa shape index (κ2) is 7.36. The van der Waals surface area contributed by atoms with Crippen LogP contribution in [0.3, 0.4) is 0 Å². The van der Waals surface area contributed by atoms with Crippen LogP contribution < -0.4 is 5.32 Å². The minimum Gasteiger partial charge on any atom is -0.465 e. The van der Waals surface area contributed by atoms with Gasteiger partial charge in [-0.05, 0) is 32.9 Å². The van der Waals surface area contributed by atoms with E-state index in [1.807, 2.05) is 0 Å². The molecule has 0 aliphatic carbocycles. The van der Waals surface area contributed by atoms with Crippen LogP contribution in [-0.2, 0) is 13.1 Å². The maximum atomic E-state index is 5.91. The van der Waals surface area contributed by atoms with Gasteiger partial charge in [-0.25, -0.2) is 0 Å². The molecule has 0 bridgehead atoms. The summed E-state index contributed by atoms with van der Waals surface area (Å²) in [7, 11) is 0. The fraction of sp³-hybridized carbons (Fsp3) is 0.733. The van der Waals surface area contributed by atoms with Crippen LogP contribution in [0, 0.1) is 6.92 Å². The molecule has 1 N–H and O–H groups in total. The van der Waals surface area contributed by atoms with E-state index in [1.54, 1.807) is 0 Å². The van der Waals surface area contributed by atoms with E-state index in [0.717, 1.165) is 31.2 Å². The summed E-state index contributed by atoms with van der Waals surface area (Å²) in [5, 5.41) is 3.44. The highest BCUT2D eigenvalue weighted by atomic mass is 32.2. The van der Waals surface area contributed by atoms with Crippen molar-refractivity contribution in [2.45, 2.75) is 46.3 Å². The molecule has 2 heterocycles. The number of aryl methyl sites for hydroxylation is 1. The van der Waals surface area contributed by atoms with E-state index in [1.165, 1.54) is 30.0 Å². The molecule has 1 saturated heterocycles. The molecule has 19 heavy (non-hydrogen) atoms. The van der Waals surface area contributed by atoms with E-state index >= 15 is 0 Å². The lowest BCUT2D eigenvalue weighted by molar-refractivity contribution is 0.205. The Bertz CT molecular complexity index is 391. The SMILES string of the molecule is CCCNCc1cc(CN2CCSCC2C)oc1C. The van der Waals surface area contributed by atoms with E-state index in [-0.39, 0.29) is 0 Å². The number of rotatable bonds is 6. The first-order valence-corrected chi connectivity index (χ1v) is 8.47. The van der Waals surface area contributed by atoms with Gasteiger partial charge in [0.15, 0.2) is 0 Å². The Kier molecular flexibility index (Phi) is 5.79. The molecule has 108 valence electrons. The van der Waals surface area contributed by atoms with Crippen molar-refractivity contribution in [2.75, 3.05) is 24.6 Å². The second-order valence-electron chi connectivity index (χ2n) is 5.37. The van der Waals surface area contributed by atoms with Crippen molar-refractivity contribution in [3.05, 3.63) is 23.2 Å². The molecule has 0 spiro atoms. The lowest BCUT2D eigenvalue weighted by Gasteiger charge is -2.32. The topological polar surface area (TPSA) is 28.4 Å². The third-order valence-corrected chi connectivity index (χ3v) is 4.87. The van der Waals surface area contributed by atoms with Crippen LogP contribution in [0.15, 0.2) is 10.5 Å². The zero-order valence-electron chi connectivity index (χ0n) is 12.4. The first-order valence-electron chi connectivity index (χ1n) is 7.31. The van der Waals surface area contributed by atoms with Gasteiger partial charge in [0.2, 0.25) is 0 Å². The van der Waals surface area contributed by atoms with E-state index in [9.17, 15) is 0 Å². The van der Waals surface area contributed by atoms with Gasteiger partial charge in [-0.2, -0.15) is 11.8 Å². The minimum absolute atomic E-state index is 0.658. The molecule has 0 radical (unpaired) electrons. The molecule has 1 aliphatic rings. The van der Waals surface area contributed by atoms with Crippen LogP contribution in [0.4, 0.5) is 0 Å². The van der Waals surface area contributed by atoms with E-state index < -0.39 is 0 Å². The standard InChI is InChI=1S/C15H26N2OS/c1-4-5-16-9-14-8-15(18-13(14)3)10-17-6-7-19-11-12(17)2/h8,12,16H,4-7,9-11H2,1-3H3. The Morgan fingerprint density at radius 2 is 2.37 bits per heavy atom. The van der Waals surface area contributed by atoms with Gasteiger partial charge in [-0.15, -0.1) is 0 Å². The van der Waals surface area contributed by atoms with Crippen LogP contribution in [-0.4, -0.2) is 35.5 Å². The molecule has 4 heteroatoms. The zero-order chi connectivity index (χ0) is 13.7. The average Bonchev–Trinajstić information content (AvgIpc) is 2.73. The van der Waals surface area contributed by atoms with Crippen LogP contribution in [0.2, 0.25) is 0 Å². The molecule has 3 nitrogen and oxygen atoms in total. The van der Waals surface area contributed by atoms with Crippen molar-refractivity contribution in [3.8, 4) is 0 Å². The molecular formula is C15H26N2OS. The number of hydrogen-bond acceptors (Lipinski definition) is 4. The Morgan fingerprint density at radius 3 is 3.11 bits per heavy atom. The maximum absolute atomic E-state index is 5.91. The fourth-order valence-electron chi connectivity index (χ4n) is 2.44. The molecule has 1 atom stereocenters. The third kappa shape index (κ3) is 4.26. The van der Waals surface area contributed by atoms with Crippen LogP contribution >= 0.6 is 11.8 Å². The molecular weight excluding hydrogens is 256 g/mol. The number of nitrogens with zero attached hydrogens (tertiary/aromatic N) is 1. The smallest absolute Gasteiger partial charge is 0.118 e. The Morgan fingerprint density at radius 1 is 1.53 bits per heavy atom. The summed E-state index contributed by atoms with van der Waals surface area (Å²) in [5.74, 6) is 4.67. The zero-order valence-corrected chi connectivity index (χ0v) is 13.2. The molecule has 1 aromatic heterocycles. The summed E-state index contributed by atoms with van der Waals surface area (Å²) in [6.45, 7) is 10.7. The average molecular weight is 282 g/mol. The fourth-order valence-corrected chi connectivity index (χ4v) is 3.52. The number of thioether (sulfide) groups is 1. The second-order valence-corrected chi connectivity index (χ2v) is 6.52. The Labute approximate surface area is 121 Å². The summed E-state index contributed by atoms with van der Waals surface area (Å²) in [6.07, 6.45) is 1.17. The van der Waals surface area contributed by atoms with Crippen molar-refractivity contribution in [2.24, 2.45) is 0 Å².